The van der Waals surface area contributed by atoms with Crippen LogP contribution in [0.5, 0.6) is 17.2 Å². The highest BCUT2D eigenvalue weighted by Crippen LogP contribution is 2.65. The summed E-state index contributed by atoms with van der Waals surface area (Å²) in [7, 11) is 1.58. The zero-order chi connectivity index (χ0) is 27.4. The molecule has 0 aromatic heterocycles. The summed E-state index contributed by atoms with van der Waals surface area (Å²) in [4.78, 5) is 42.7. The maximum absolute atomic E-state index is 13.8. The number of imide groups is 1. The van der Waals surface area contributed by atoms with Crippen LogP contribution in [0.1, 0.15) is 12.0 Å². The summed E-state index contributed by atoms with van der Waals surface area (Å²) in [5.74, 6) is 1.54. The Balaban J connectivity index is 1.13. The number of methoxy groups -OCH3 is 1. The Morgan fingerprint density at radius 3 is 2.08 bits per heavy atom. The van der Waals surface area contributed by atoms with Crippen LogP contribution < -0.4 is 14.8 Å². The van der Waals surface area contributed by atoms with E-state index in [2.05, 4.69) is 17.5 Å². The van der Waals surface area contributed by atoms with Gasteiger partial charge in [0.15, 0.2) is 11.5 Å². The molecule has 202 valence electrons. The number of allylic oxidation sites excluding steroid dienone is 2. The van der Waals surface area contributed by atoms with Gasteiger partial charge in [0.05, 0.1) is 18.9 Å². The molecule has 7 atom stereocenters. The van der Waals surface area contributed by atoms with Crippen molar-refractivity contribution in [2.75, 3.05) is 12.4 Å². The van der Waals surface area contributed by atoms with Gasteiger partial charge >= 0.3 is 0 Å². The van der Waals surface area contributed by atoms with E-state index in [1.807, 2.05) is 54.6 Å². The third kappa shape index (κ3) is 4.08. The molecule has 8 rings (SSSR count). The standard InChI is InChI=1S/C33H30N2O5/c1-39-27-9-5-6-10-28(27)40-21-13-11-20(12-14-21)34-31(36)26(17-19-7-3-2-4-8-19)35-32(37)29-22-15-16-23(25-18-24(22)25)30(29)33(35)38/h2-16,22-26,29-30H,17-18H2,1H3,(H,34,36)/t22-,23-,24-,25-,26-,29-,30+/m0/s1. The third-order valence-corrected chi connectivity index (χ3v) is 9.00. The molecule has 4 aliphatic carbocycles. The Hall–Kier alpha value is -4.39. The molecule has 3 aromatic carbocycles. The van der Waals surface area contributed by atoms with Crippen LogP contribution in [0.15, 0.2) is 91.0 Å². The number of benzene rings is 3. The van der Waals surface area contributed by atoms with Crippen LogP contribution in [-0.2, 0) is 20.8 Å². The average molecular weight is 535 g/mol. The number of nitrogens with one attached hydrogen (secondary N) is 1. The number of para-hydroxylation sites is 2. The summed E-state index contributed by atoms with van der Waals surface area (Å²) in [5, 5.41) is 2.95. The first-order chi connectivity index (χ1) is 19.5. The van der Waals surface area contributed by atoms with Crippen molar-refractivity contribution < 1.29 is 23.9 Å². The molecule has 1 N–H and O–H groups in total. The van der Waals surface area contributed by atoms with Crippen molar-refractivity contribution in [1.82, 2.24) is 4.90 Å². The lowest BCUT2D eigenvalue weighted by molar-refractivity contribution is -0.146. The number of nitrogens with zero attached hydrogens (tertiary/aromatic N) is 1. The number of amides is 3. The number of carbonyl (C=O) groups is 3. The summed E-state index contributed by atoms with van der Waals surface area (Å²) in [6.07, 6.45) is 5.65. The van der Waals surface area contributed by atoms with Gasteiger partial charge in [-0.1, -0.05) is 54.6 Å². The Bertz CT molecular complexity index is 1460. The predicted molar refractivity (Wildman–Crippen MR) is 149 cm³/mol. The van der Waals surface area contributed by atoms with E-state index >= 15 is 0 Å². The van der Waals surface area contributed by atoms with E-state index in [1.54, 1.807) is 31.4 Å². The molecule has 1 saturated heterocycles. The van der Waals surface area contributed by atoms with E-state index in [1.165, 1.54) is 4.90 Å². The molecule has 3 fully saturated rings. The van der Waals surface area contributed by atoms with E-state index in [0.29, 0.717) is 34.8 Å². The van der Waals surface area contributed by atoms with Crippen LogP contribution >= 0.6 is 0 Å². The molecule has 1 aliphatic heterocycles. The zero-order valence-corrected chi connectivity index (χ0v) is 22.1. The van der Waals surface area contributed by atoms with Crippen LogP contribution in [0.25, 0.3) is 0 Å². The lowest BCUT2D eigenvalue weighted by Gasteiger charge is -2.37. The molecule has 2 saturated carbocycles. The van der Waals surface area contributed by atoms with Crippen molar-refractivity contribution in [3.8, 4) is 17.2 Å². The molecule has 0 unspecified atom stereocenters. The number of anilines is 1. The molecule has 3 aromatic rings. The quantitative estimate of drug-likeness (QED) is 0.322. The number of likely N-dealkylation sites (tertiary alicyclic amines) is 1. The van der Waals surface area contributed by atoms with Gasteiger partial charge in [-0.2, -0.15) is 0 Å². The van der Waals surface area contributed by atoms with E-state index in [0.717, 1.165) is 12.0 Å². The summed E-state index contributed by atoms with van der Waals surface area (Å²) >= 11 is 0. The van der Waals surface area contributed by atoms with Crippen molar-refractivity contribution in [3.63, 3.8) is 0 Å². The lowest BCUT2D eigenvalue weighted by Crippen LogP contribution is -2.49. The maximum Gasteiger partial charge on any atom is 0.248 e. The second kappa shape index (κ2) is 9.66. The van der Waals surface area contributed by atoms with Gasteiger partial charge in [-0.3, -0.25) is 19.3 Å². The monoisotopic (exact) mass is 534 g/mol. The van der Waals surface area contributed by atoms with E-state index in [-0.39, 0.29) is 47.8 Å². The minimum Gasteiger partial charge on any atom is -0.493 e. The van der Waals surface area contributed by atoms with E-state index < -0.39 is 6.04 Å². The highest BCUT2D eigenvalue weighted by molar-refractivity contribution is 6.10. The molecular formula is C33H30N2O5. The number of ether oxygens (including phenoxy) is 2. The van der Waals surface area contributed by atoms with Crippen LogP contribution in [0.3, 0.4) is 0 Å². The molecule has 7 heteroatoms. The SMILES string of the molecule is COc1ccccc1Oc1ccc(NC(=O)[C@H](Cc2ccccc2)N2C(=O)[C@@H]3[C@H]4C=C[C@@H]([C@@H]5C[C@@H]45)[C@@H]3C2=O)cc1. The van der Waals surface area contributed by atoms with Crippen LogP contribution in [0.2, 0.25) is 0 Å². The van der Waals surface area contributed by atoms with Gasteiger partial charge < -0.3 is 14.8 Å². The first-order valence-corrected chi connectivity index (χ1v) is 13.8. The average Bonchev–Trinajstić information content (AvgIpc) is 3.77. The molecule has 5 aliphatic rings. The number of hydrogen-bond donors (Lipinski definition) is 1. The van der Waals surface area contributed by atoms with Crippen molar-refractivity contribution in [2.24, 2.45) is 35.5 Å². The van der Waals surface area contributed by atoms with Crippen molar-refractivity contribution in [2.45, 2.75) is 18.9 Å². The fourth-order valence-electron chi connectivity index (χ4n) is 7.09. The van der Waals surface area contributed by atoms with Crippen LogP contribution in [-0.4, -0.2) is 35.8 Å². The first kappa shape index (κ1) is 24.6. The minimum absolute atomic E-state index is 0.109. The summed E-state index contributed by atoms with van der Waals surface area (Å²) in [6, 6.07) is 23.0. The van der Waals surface area contributed by atoms with Gasteiger partial charge in [0, 0.05) is 12.1 Å². The minimum atomic E-state index is -0.937. The highest BCUT2D eigenvalue weighted by Gasteiger charge is 2.67. The van der Waals surface area contributed by atoms with E-state index in [9.17, 15) is 14.4 Å². The third-order valence-electron chi connectivity index (χ3n) is 9.00. The topological polar surface area (TPSA) is 84.9 Å². The second-order valence-electron chi connectivity index (χ2n) is 11.2. The fourth-order valence-corrected chi connectivity index (χ4v) is 7.09. The summed E-state index contributed by atoms with van der Waals surface area (Å²) in [5.41, 5.74) is 1.44. The molecule has 7 nitrogen and oxygen atoms in total. The Kier molecular flexibility index (Phi) is 5.95. The van der Waals surface area contributed by atoms with Gasteiger partial charge in [0.2, 0.25) is 17.7 Å². The zero-order valence-electron chi connectivity index (χ0n) is 22.1. The first-order valence-electron chi connectivity index (χ1n) is 13.8. The normalized spacial score (nSPS) is 28.1. The summed E-state index contributed by atoms with van der Waals surface area (Å²) in [6.45, 7) is 0. The molecular weight excluding hydrogens is 504 g/mol. The van der Waals surface area contributed by atoms with Crippen molar-refractivity contribution in [3.05, 3.63) is 96.6 Å². The van der Waals surface area contributed by atoms with Gasteiger partial charge in [-0.15, -0.1) is 0 Å². The molecule has 1 heterocycles. The van der Waals surface area contributed by atoms with Gasteiger partial charge in [0.1, 0.15) is 11.8 Å². The predicted octanol–water partition coefficient (Wildman–Crippen LogP) is 5.09. The molecule has 3 amide bonds. The largest absolute Gasteiger partial charge is 0.493 e. The van der Waals surface area contributed by atoms with Gasteiger partial charge in [-0.05, 0) is 72.1 Å². The number of rotatable bonds is 8. The Labute approximate surface area is 232 Å². The molecule has 40 heavy (non-hydrogen) atoms. The van der Waals surface area contributed by atoms with Crippen molar-refractivity contribution in [1.29, 1.82) is 0 Å². The molecule has 2 bridgehead atoms. The van der Waals surface area contributed by atoms with Crippen LogP contribution in [0.4, 0.5) is 5.69 Å². The smallest absolute Gasteiger partial charge is 0.248 e. The Morgan fingerprint density at radius 1 is 0.850 bits per heavy atom. The maximum atomic E-state index is 13.8. The van der Waals surface area contributed by atoms with Gasteiger partial charge in [-0.25, -0.2) is 0 Å². The second-order valence-corrected chi connectivity index (χ2v) is 11.2. The molecule has 0 spiro atoms. The summed E-state index contributed by atoms with van der Waals surface area (Å²) < 4.78 is 11.3. The lowest BCUT2D eigenvalue weighted by atomic mass is 9.63. The van der Waals surface area contributed by atoms with Gasteiger partial charge in [0.25, 0.3) is 0 Å². The van der Waals surface area contributed by atoms with E-state index in [4.69, 9.17) is 9.47 Å². The highest BCUT2D eigenvalue weighted by atomic mass is 16.5. The number of hydrogen-bond acceptors (Lipinski definition) is 5. The van der Waals surface area contributed by atoms with Crippen molar-refractivity contribution >= 4 is 23.4 Å². The Morgan fingerprint density at radius 2 is 1.45 bits per heavy atom. The fraction of sp³-hybridized carbons (Fsp3) is 0.303. The molecule has 0 radical (unpaired) electrons. The van der Waals surface area contributed by atoms with Crippen LogP contribution in [0, 0.1) is 35.5 Å². The number of carbonyl (C=O) groups excluding carboxylic acids is 3.